The lowest BCUT2D eigenvalue weighted by Crippen LogP contribution is -2.37. The van der Waals surface area contributed by atoms with Crippen molar-refractivity contribution in [2.24, 2.45) is 0 Å². The van der Waals surface area contributed by atoms with Gasteiger partial charge in [-0.25, -0.2) is 0 Å². The van der Waals surface area contributed by atoms with Crippen molar-refractivity contribution < 1.29 is 14.3 Å². The molecule has 2 heterocycles. The Bertz CT molecular complexity index is 834. The highest BCUT2D eigenvalue weighted by Gasteiger charge is 2.25. The molecule has 3 rings (SSSR count). The number of carbonyl (C=O) groups is 2. The number of carbonyl (C=O) groups excluding carboxylic acids is 2. The fourth-order valence-corrected chi connectivity index (χ4v) is 4.63. The van der Waals surface area contributed by atoms with E-state index in [0.717, 1.165) is 64.6 Å². The fraction of sp³-hybridized carbons (Fsp3) is 0.600. The van der Waals surface area contributed by atoms with Gasteiger partial charge in [0.25, 0.3) is 0 Å². The van der Waals surface area contributed by atoms with Crippen molar-refractivity contribution in [1.29, 1.82) is 0 Å². The van der Waals surface area contributed by atoms with Gasteiger partial charge in [-0.1, -0.05) is 38.0 Å². The van der Waals surface area contributed by atoms with Gasteiger partial charge >= 0.3 is 5.97 Å². The number of piperidine rings is 1. The van der Waals surface area contributed by atoms with Crippen LogP contribution in [-0.2, 0) is 20.9 Å². The van der Waals surface area contributed by atoms with E-state index < -0.39 is 0 Å². The maximum atomic E-state index is 12.6. The standard InChI is InChI=1S/C25H36N2O3/c1-3-16-27-19-22(21-10-8-9-11-23(21)27)20-14-17-26(18-15-20)24(28)12-6-4-5-7-13-25(29)30-2/h8-11,19-20H,3-7,12-18H2,1-2H3. The molecule has 0 aliphatic carbocycles. The fourth-order valence-electron chi connectivity index (χ4n) is 4.63. The molecule has 0 bridgehead atoms. The van der Waals surface area contributed by atoms with Crippen LogP contribution in [0.25, 0.3) is 10.9 Å². The van der Waals surface area contributed by atoms with Gasteiger partial charge in [0.15, 0.2) is 0 Å². The Hall–Kier alpha value is -2.30. The molecule has 1 aliphatic rings. The lowest BCUT2D eigenvalue weighted by Gasteiger charge is -2.32. The summed E-state index contributed by atoms with van der Waals surface area (Å²) < 4.78 is 7.04. The summed E-state index contributed by atoms with van der Waals surface area (Å²) in [5.41, 5.74) is 2.79. The summed E-state index contributed by atoms with van der Waals surface area (Å²) in [5.74, 6) is 0.678. The second kappa shape index (κ2) is 11.2. The molecule has 1 fully saturated rings. The van der Waals surface area contributed by atoms with Crippen LogP contribution in [0.15, 0.2) is 30.5 Å². The van der Waals surface area contributed by atoms with Crippen LogP contribution >= 0.6 is 0 Å². The minimum atomic E-state index is -0.147. The van der Waals surface area contributed by atoms with Crippen molar-refractivity contribution in [1.82, 2.24) is 9.47 Å². The number of nitrogens with zero attached hydrogens (tertiary/aromatic N) is 2. The lowest BCUT2D eigenvalue weighted by atomic mass is 9.89. The van der Waals surface area contributed by atoms with Crippen LogP contribution in [-0.4, -0.2) is 41.5 Å². The van der Waals surface area contributed by atoms with Gasteiger partial charge in [0.2, 0.25) is 5.91 Å². The first-order valence-corrected chi connectivity index (χ1v) is 11.6. The molecule has 1 aliphatic heterocycles. The van der Waals surface area contributed by atoms with Crippen LogP contribution in [0.3, 0.4) is 0 Å². The Morgan fingerprint density at radius 3 is 2.43 bits per heavy atom. The molecule has 0 unspecified atom stereocenters. The molecular formula is C25H36N2O3. The molecule has 2 aromatic rings. The van der Waals surface area contributed by atoms with Crippen molar-refractivity contribution in [3.05, 3.63) is 36.0 Å². The van der Waals surface area contributed by atoms with Gasteiger partial charge < -0.3 is 14.2 Å². The number of ether oxygens (including phenoxy) is 1. The Morgan fingerprint density at radius 1 is 1.03 bits per heavy atom. The van der Waals surface area contributed by atoms with Crippen LogP contribution in [0.2, 0.25) is 0 Å². The van der Waals surface area contributed by atoms with Gasteiger partial charge in [0.1, 0.15) is 0 Å². The number of esters is 1. The van der Waals surface area contributed by atoms with E-state index in [4.69, 9.17) is 0 Å². The van der Waals surface area contributed by atoms with E-state index in [2.05, 4.69) is 51.6 Å². The molecule has 5 nitrogen and oxygen atoms in total. The largest absolute Gasteiger partial charge is 0.469 e. The number of fused-ring (bicyclic) bond motifs is 1. The molecular weight excluding hydrogens is 376 g/mol. The molecule has 1 aromatic heterocycles. The summed E-state index contributed by atoms with van der Waals surface area (Å²) in [5, 5.41) is 1.38. The number of methoxy groups -OCH3 is 1. The number of unbranched alkanes of at least 4 members (excludes halogenated alkanes) is 3. The van der Waals surface area contributed by atoms with Crippen molar-refractivity contribution in [3.63, 3.8) is 0 Å². The average Bonchev–Trinajstić information content (AvgIpc) is 3.14. The summed E-state index contributed by atoms with van der Waals surface area (Å²) in [6.07, 6.45) is 10.4. The quantitative estimate of drug-likeness (QED) is 0.394. The Labute approximate surface area is 180 Å². The molecule has 1 amide bonds. The number of hydrogen-bond acceptors (Lipinski definition) is 3. The van der Waals surface area contributed by atoms with Gasteiger partial charge in [-0.15, -0.1) is 0 Å². The minimum Gasteiger partial charge on any atom is -0.469 e. The number of aryl methyl sites for hydroxylation is 1. The zero-order valence-electron chi connectivity index (χ0n) is 18.6. The molecule has 0 atom stereocenters. The van der Waals surface area contributed by atoms with Gasteiger partial charge in [-0.05, 0) is 49.7 Å². The third-order valence-electron chi connectivity index (χ3n) is 6.32. The van der Waals surface area contributed by atoms with Crippen LogP contribution < -0.4 is 0 Å². The first-order chi connectivity index (χ1) is 14.6. The predicted octanol–water partition coefficient (Wildman–Crippen LogP) is 5.27. The van der Waals surface area contributed by atoms with Crippen LogP contribution in [0, 0.1) is 0 Å². The van der Waals surface area contributed by atoms with Crippen molar-refractivity contribution in [3.8, 4) is 0 Å². The first kappa shape index (κ1) is 22.4. The molecule has 0 radical (unpaired) electrons. The van der Waals surface area contributed by atoms with E-state index in [-0.39, 0.29) is 11.9 Å². The smallest absolute Gasteiger partial charge is 0.305 e. The average molecular weight is 413 g/mol. The van der Waals surface area contributed by atoms with Crippen molar-refractivity contribution in [2.75, 3.05) is 20.2 Å². The maximum absolute atomic E-state index is 12.6. The number of aromatic nitrogens is 1. The molecule has 30 heavy (non-hydrogen) atoms. The first-order valence-electron chi connectivity index (χ1n) is 11.6. The Morgan fingerprint density at radius 2 is 1.73 bits per heavy atom. The number of amides is 1. The Kier molecular flexibility index (Phi) is 8.35. The number of benzene rings is 1. The third-order valence-corrected chi connectivity index (χ3v) is 6.32. The van der Waals surface area contributed by atoms with Crippen LogP contribution in [0.5, 0.6) is 0 Å². The highest BCUT2D eigenvalue weighted by atomic mass is 16.5. The summed E-state index contributed by atoms with van der Waals surface area (Å²) >= 11 is 0. The molecule has 0 N–H and O–H groups in total. The molecule has 1 aromatic carbocycles. The molecule has 1 saturated heterocycles. The summed E-state index contributed by atoms with van der Waals surface area (Å²) in [4.78, 5) is 25.7. The van der Waals surface area contributed by atoms with Gasteiger partial charge in [-0.2, -0.15) is 0 Å². The van der Waals surface area contributed by atoms with Crippen LogP contribution in [0.4, 0.5) is 0 Å². The number of hydrogen-bond donors (Lipinski definition) is 0. The van der Waals surface area contributed by atoms with E-state index in [9.17, 15) is 9.59 Å². The summed E-state index contributed by atoms with van der Waals surface area (Å²) in [6, 6.07) is 8.72. The molecule has 0 saturated carbocycles. The highest BCUT2D eigenvalue weighted by Crippen LogP contribution is 2.34. The second-order valence-corrected chi connectivity index (χ2v) is 8.44. The zero-order chi connectivity index (χ0) is 21.3. The van der Waals surface area contributed by atoms with E-state index in [1.54, 1.807) is 0 Å². The summed E-state index contributed by atoms with van der Waals surface area (Å²) in [7, 11) is 1.42. The monoisotopic (exact) mass is 412 g/mol. The van der Waals surface area contributed by atoms with E-state index in [1.165, 1.54) is 23.6 Å². The zero-order valence-corrected chi connectivity index (χ0v) is 18.6. The van der Waals surface area contributed by atoms with Gasteiger partial charge in [0, 0.05) is 49.6 Å². The number of para-hydroxylation sites is 1. The molecule has 164 valence electrons. The van der Waals surface area contributed by atoms with E-state index >= 15 is 0 Å². The Balaban J connectivity index is 1.45. The normalized spacial score (nSPS) is 14.9. The van der Waals surface area contributed by atoms with E-state index in [1.807, 2.05) is 0 Å². The SMILES string of the molecule is CCCn1cc(C2CCN(C(=O)CCCCCCC(=O)OC)CC2)c2ccccc21. The van der Waals surface area contributed by atoms with Gasteiger partial charge in [-0.3, -0.25) is 9.59 Å². The minimum absolute atomic E-state index is 0.147. The number of rotatable bonds is 10. The van der Waals surface area contributed by atoms with Crippen molar-refractivity contribution in [2.45, 2.75) is 77.2 Å². The van der Waals surface area contributed by atoms with Gasteiger partial charge in [0.05, 0.1) is 7.11 Å². The van der Waals surface area contributed by atoms with Crippen LogP contribution in [0.1, 0.15) is 76.2 Å². The lowest BCUT2D eigenvalue weighted by molar-refractivity contribution is -0.140. The molecule has 5 heteroatoms. The third kappa shape index (κ3) is 5.65. The highest BCUT2D eigenvalue weighted by molar-refractivity contribution is 5.84. The summed E-state index contributed by atoms with van der Waals surface area (Å²) in [6.45, 7) is 4.99. The maximum Gasteiger partial charge on any atom is 0.305 e. The molecule has 0 spiro atoms. The number of likely N-dealkylation sites (tertiary alicyclic amines) is 1. The second-order valence-electron chi connectivity index (χ2n) is 8.44. The predicted molar refractivity (Wildman–Crippen MR) is 121 cm³/mol. The van der Waals surface area contributed by atoms with E-state index in [0.29, 0.717) is 18.8 Å². The topological polar surface area (TPSA) is 51.5 Å². The van der Waals surface area contributed by atoms with Crippen molar-refractivity contribution >= 4 is 22.8 Å².